The maximum absolute atomic E-state index is 13.4. The van der Waals surface area contributed by atoms with Crippen LogP contribution in [0.4, 0.5) is 0 Å². The number of carbonyl (C=O) groups is 1. The first-order chi connectivity index (χ1) is 10.7. The number of halogens is 1. The number of hydrogen-bond acceptors (Lipinski definition) is 1. The Balaban J connectivity index is 1.65. The maximum Gasteiger partial charge on any atom is 0.233 e. The number of hydrogen-bond donors (Lipinski definition) is 0. The summed E-state index contributed by atoms with van der Waals surface area (Å²) in [5, 5.41) is 0.743. The second-order valence-electron chi connectivity index (χ2n) is 9.21. The van der Waals surface area contributed by atoms with Crippen molar-refractivity contribution < 1.29 is 4.79 Å². The summed E-state index contributed by atoms with van der Waals surface area (Å²) >= 11 is 6.41. The van der Waals surface area contributed by atoms with Crippen LogP contribution in [0.5, 0.6) is 0 Å². The summed E-state index contributed by atoms with van der Waals surface area (Å²) in [6.07, 6.45) is 5.41. The molecule has 23 heavy (non-hydrogen) atoms. The van der Waals surface area contributed by atoms with Crippen LogP contribution in [-0.4, -0.2) is 23.4 Å². The van der Waals surface area contributed by atoms with Crippen LogP contribution < -0.4 is 0 Å². The summed E-state index contributed by atoms with van der Waals surface area (Å²) in [4.78, 5) is 15.7. The van der Waals surface area contributed by atoms with Crippen molar-refractivity contribution in [3.05, 3.63) is 34.9 Å². The van der Waals surface area contributed by atoms with E-state index in [-0.39, 0.29) is 5.41 Å². The SMILES string of the molecule is CC1(C)CC2CC(C)(CN2C(=O)C2(c3ccccc3Cl)CC2)C1. The van der Waals surface area contributed by atoms with Crippen LogP contribution in [0, 0.1) is 10.8 Å². The normalized spacial score (nSPS) is 33.6. The lowest BCUT2D eigenvalue weighted by Gasteiger charge is -2.39. The molecule has 1 heterocycles. The minimum absolute atomic E-state index is 0.290. The smallest absolute Gasteiger partial charge is 0.233 e. The molecule has 4 rings (SSSR count). The quantitative estimate of drug-likeness (QED) is 0.762. The van der Waals surface area contributed by atoms with E-state index in [4.69, 9.17) is 11.6 Å². The van der Waals surface area contributed by atoms with Crippen molar-refractivity contribution in [3.8, 4) is 0 Å². The highest BCUT2D eigenvalue weighted by Crippen LogP contribution is 2.57. The van der Waals surface area contributed by atoms with E-state index in [1.807, 2.05) is 24.3 Å². The molecular formula is C20H26ClNO. The number of benzene rings is 1. The molecule has 0 N–H and O–H groups in total. The van der Waals surface area contributed by atoms with E-state index in [2.05, 4.69) is 25.7 Å². The lowest BCUT2D eigenvalue weighted by atomic mass is 9.65. The number of rotatable bonds is 2. The van der Waals surface area contributed by atoms with Crippen LogP contribution in [-0.2, 0) is 10.2 Å². The van der Waals surface area contributed by atoms with Gasteiger partial charge in [0.2, 0.25) is 5.91 Å². The minimum atomic E-state index is -0.337. The third kappa shape index (κ3) is 2.41. The highest BCUT2D eigenvalue weighted by Gasteiger charge is 2.59. The van der Waals surface area contributed by atoms with Gasteiger partial charge in [0.05, 0.1) is 5.41 Å². The molecule has 3 aliphatic rings. The molecule has 124 valence electrons. The first-order valence-corrected chi connectivity index (χ1v) is 9.19. The molecule has 2 nitrogen and oxygen atoms in total. The Labute approximate surface area is 144 Å². The van der Waals surface area contributed by atoms with Gasteiger partial charge in [-0.2, -0.15) is 0 Å². The predicted molar refractivity (Wildman–Crippen MR) is 93.6 cm³/mol. The topological polar surface area (TPSA) is 20.3 Å². The van der Waals surface area contributed by atoms with Gasteiger partial charge in [-0.1, -0.05) is 50.6 Å². The van der Waals surface area contributed by atoms with Crippen molar-refractivity contribution in [1.82, 2.24) is 4.90 Å². The summed E-state index contributed by atoms with van der Waals surface area (Å²) in [6, 6.07) is 8.31. The Morgan fingerprint density at radius 2 is 1.87 bits per heavy atom. The first kappa shape index (κ1) is 15.5. The Morgan fingerprint density at radius 3 is 2.52 bits per heavy atom. The predicted octanol–water partition coefficient (Wildman–Crippen LogP) is 4.80. The van der Waals surface area contributed by atoms with Crippen molar-refractivity contribution in [2.75, 3.05) is 6.54 Å². The zero-order chi connectivity index (χ0) is 16.5. The molecule has 3 fully saturated rings. The molecule has 0 spiro atoms. The third-order valence-corrected chi connectivity index (χ3v) is 6.55. The zero-order valence-electron chi connectivity index (χ0n) is 14.4. The van der Waals surface area contributed by atoms with E-state index < -0.39 is 0 Å². The number of nitrogens with zero attached hydrogens (tertiary/aromatic N) is 1. The van der Waals surface area contributed by atoms with E-state index in [1.165, 1.54) is 12.8 Å². The van der Waals surface area contributed by atoms with Crippen LogP contribution in [0.2, 0.25) is 5.02 Å². The van der Waals surface area contributed by atoms with E-state index >= 15 is 0 Å². The molecule has 0 aromatic heterocycles. The van der Waals surface area contributed by atoms with Crippen LogP contribution in [0.25, 0.3) is 0 Å². The molecule has 1 aromatic carbocycles. The molecule has 1 saturated heterocycles. The van der Waals surface area contributed by atoms with Crippen LogP contribution >= 0.6 is 11.6 Å². The summed E-state index contributed by atoms with van der Waals surface area (Å²) < 4.78 is 0. The van der Waals surface area contributed by atoms with Gasteiger partial charge in [-0.3, -0.25) is 4.79 Å². The summed E-state index contributed by atoms with van der Waals surface area (Å²) in [5.41, 5.74) is 1.33. The molecule has 0 radical (unpaired) electrons. The Hall–Kier alpha value is -1.02. The number of amides is 1. The van der Waals surface area contributed by atoms with Gasteiger partial charge < -0.3 is 4.90 Å². The van der Waals surface area contributed by atoms with Crippen molar-refractivity contribution in [1.29, 1.82) is 0 Å². The second-order valence-corrected chi connectivity index (χ2v) is 9.62. The second kappa shape index (κ2) is 4.75. The summed E-state index contributed by atoms with van der Waals surface area (Å²) in [5.74, 6) is 0.331. The average molecular weight is 332 g/mol. The molecule has 2 aliphatic carbocycles. The first-order valence-electron chi connectivity index (χ1n) is 8.81. The average Bonchev–Trinajstić information content (AvgIpc) is 3.19. The van der Waals surface area contributed by atoms with E-state index in [0.717, 1.165) is 36.4 Å². The fraction of sp³-hybridized carbons (Fsp3) is 0.650. The summed E-state index contributed by atoms with van der Waals surface area (Å²) in [7, 11) is 0. The van der Waals surface area contributed by atoms with Crippen LogP contribution in [0.1, 0.15) is 58.4 Å². The molecule has 1 aromatic rings. The lowest BCUT2D eigenvalue weighted by Crippen LogP contribution is -2.43. The van der Waals surface area contributed by atoms with Gasteiger partial charge in [-0.15, -0.1) is 0 Å². The van der Waals surface area contributed by atoms with E-state index in [9.17, 15) is 4.79 Å². The van der Waals surface area contributed by atoms with Gasteiger partial charge in [-0.25, -0.2) is 0 Å². The monoisotopic (exact) mass is 331 g/mol. The zero-order valence-corrected chi connectivity index (χ0v) is 15.1. The van der Waals surface area contributed by atoms with E-state index in [1.54, 1.807) is 0 Å². The van der Waals surface area contributed by atoms with Gasteiger partial charge >= 0.3 is 0 Å². The lowest BCUT2D eigenvalue weighted by molar-refractivity contribution is -0.135. The van der Waals surface area contributed by atoms with Gasteiger partial charge in [0, 0.05) is 17.6 Å². The van der Waals surface area contributed by atoms with Gasteiger partial charge in [-0.05, 0) is 54.6 Å². The Kier molecular flexibility index (Phi) is 3.20. The molecule has 1 aliphatic heterocycles. The minimum Gasteiger partial charge on any atom is -0.338 e. The molecule has 2 unspecified atom stereocenters. The molecule has 3 heteroatoms. The summed E-state index contributed by atoms with van der Waals surface area (Å²) in [6.45, 7) is 7.99. The van der Waals surface area contributed by atoms with Crippen molar-refractivity contribution in [2.45, 2.75) is 64.3 Å². The van der Waals surface area contributed by atoms with Crippen LogP contribution in [0.15, 0.2) is 24.3 Å². The van der Waals surface area contributed by atoms with Gasteiger partial charge in [0.25, 0.3) is 0 Å². The largest absolute Gasteiger partial charge is 0.338 e. The fourth-order valence-electron chi connectivity index (χ4n) is 5.54. The molecule has 2 saturated carbocycles. The third-order valence-electron chi connectivity index (χ3n) is 6.22. The number of carbonyl (C=O) groups excluding carboxylic acids is 1. The van der Waals surface area contributed by atoms with Crippen molar-refractivity contribution >= 4 is 17.5 Å². The fourth-order valence-corrected chi connectivity index (χ4v) is 5.86. The van der Waals surface area contributed by atoms with Crippen LogP contribution in [0.3, 0.4) is 0 Å². The Morgan fingerprint density at radius 1 is 1.17 bits per heavy atom. The van der Waals surface area contributed by atoms with Gasteiger partial charge in [0.1, 0.15) is 0 Å². The molecule has 1 amide bonds. The number of likely N-dealkylation sites (tertiary alicyclic amines) is 1. The standard InChI is InChI=1S/C20H26ClNO/c1-18(2)10-14-11-19(3,12-18)13-22(14)17(23)20(8-9-20)15-6-4-5-7-16(15)21/h4-7,14H,8-13H2,1-3H3. The number of fused-ring (bicyclic) bond motifs is 2. The van der Waals surface area contributed by atoms with Crippen molar-refractivity contribution in [3.63, 3.8) is 0 Å². The Bertz CT molecular complexity index is 663. The highest BCUT2D eigenvalue weighted by molar-refractivity contribution is 6.31. The molecule has 2 bridgehead atoms. The maximum atomic E-state index is 13.4. The molecule has 2 atom stereocenters. The van der Waals surface area contributed by atoms with Crippen molar-refractivity contribution in [2.24, 2.45) is 10.8 Å². The van der Waals surface area contributed by atoms with E-state index in [0.29, 0.717) is 22.8 Å². The molecular weight excluding hydrogens is 306 g/mol. The van der Waals surface area contributed by atoms with Gasteiger partial charge in [0.15, 0.2) is 0 Å². The highest BCUT2D eigenvalue weighted by atomic mass is 35.5.